The molecule has 2 saturated heterocycles. The van der Waals surface area contributed by atoms with E-state index in [2.05, 4.69) is 44.0 Å². The van der Waals surface area contributed by atoms with Crippen LogP contribution in [0, 0.1) is 6.92 Å². The summed E-state index contributed by atoms with van der Waals surface area (Å²) in [5, 5.41) is 0. The summed E-state index contributed by atoms with van der Waals surface area (Å²) in [6, 6.07) is 7.05. The lowest BCUT2D eigenvalue weighted by Gasteiger charge is -2.39. The highest BCUT2D eigenvalue weighted by Gasteiger charge is 2.31. The van der Waals surface area contributed by atoms with Gasteiger partial charge in [0.15, 0.2) is 11.4 Å². The minimum Gasteiger partial charge on any atom is -0.369 e. The van der Waals surface area contributed by atoms with Crippen molar-refractivity contribution in [3.05, 3.63) is 59.3 Å². The molecule has 0 bridgehead atoms. The molecule has 3 aliphatic rings. The summed E-state index contributed by atoms with van der Waals surface area (Å²) >= 11 is 0. The summed E-state index contributed by atoms with van der Waals surface area (Å²) in [7, 11) is 0. The fraction of sp³-hybridized carbons (Fsp3) is 0.375. The van der Waals surface area contributed by atoms with Gasteiger partial charge in [-0.3, -0.25) is 14.7 Å². The molecule has 2 fully saturated rings. The van der Waals surface area contributed by atoms with Crippen molar-refractivity contribution in [3.8, 4) is 0 Å². The lowest BCUT2D eigenvalue weighted by atomic mass is 9.89. The summed E-state index contributed by atoms with van der Waals surface area (Å²) in [6.07, 6.45) is 10.8. The predicted molar refractivity (Wildman–Crippen MR) is 118 cm³/mol. The van der Waals surface area contributed by atoms with Gasteiger partial charge in [0, 0.05) is 55.7 Å². The lowest BCUT2D eigenvalue weighted by molar-refractivity contribution is 0.0997. The number of imidazole rings is 1. The van der Waals surface area contributed by atoms with E-state index in [0.717, 1.165) is 53.4 Å². The Hall–Kier alpha value is -2.99. The van der Waals surface area contributed by atoms with Gasteiger partial charge in [-0.1, -0.05) is 6.07 Å². The Morgan fingerprint density at radius 3 is 3.00 bits per heavy atom. The number of hydrogen-bond acceptors (Lipinski definition) is 5. The molecule has 152 valence electrons. The fourth-order valence-corrected chi connectivity index (χ4v) is 5.16. The van der Waals surface area contributed by atoms with Crippen LogP contribution in [0.4, 0.5) is 5.69 Å². The van der Waals surface area contributed by atoms with Gasteiger partial charge in [-0.2, -0.15) is 0 Å². The number of hydrogen-bond donors (Lipinski definition) is 0. The zero-order valence-electron chi connectivity index (χ0n) is 17.2. The number of fused-ring (bicyclic) bond motifs is 3. The molecule has 1 aromatic carbocycles. The first kappa shape index (κ1) is 17.8. The van der Waals surface area contributed by atoms with E-state index in [-0.39, 0.29) is 5.78 Å². The quantitative estimate of drug-likeness (QED) is 0.661. The molecule has 4 heterocycles. The van der Waals surface area contributed by atoms with Crippen molar-refractivity contribution >= 4 is 28.8 Å². The molecular weight excluding hydrogens is 374 g/mol. The van der Waals surface area contributed by atoms with Gasteiger partial charge in [0.1, 0.15) is 0 Å². The highest BCUT2D eigenvalue weighted by molar-refractivity contribution is 6.11. The number of nitrogens with zero attached hydrogens (tertiary/aromatic N) is 5. The number of anilines is 1. The average Bonchev–Trinajstić information content (AvgIpc) is 3.39. The Labute approximate surface area is 175 Å². The number of allylic oxidation sites excluding steroid dienone is 1. The number of carbonyl (C=O) groups is 1. The Bertz CT molecular complexity index is 1190. The van der Waals surface area contributed by atoms with Crippen molar-refractivity contribution in [2.24, 2.45) is 0 Å². The number of ketones is 1. The summed E-state index contributed by atoms with van der Waals surface area (Å²) in [6.45, 7) is 6.44. The lowest BCUT2D eigenvalue weighted by Crippen LogP contribution is -2.50. The van der Waals surface area contributed by atoms with E-state index >= 15 is 0 Å². The SMILES string of the molecule is Cc1cn2cc(C3=Cc4ccc(N5CCN6CCC[C@@H]6C5)cc4C(=O)C3)nc2cn1. The second-order valence-electron chi connectivity index (χ2n) is 8.74. The van der Waals surface area contributed by atoms with Crippen LogP contribution in [0.1, 0.15) is 46.6 Å². The maximum atomic E-state index is 13.0. The third-order valence-corrected chi connectivity index (χ3v) is 6.77. The molecule has 3 aromatic rings. The molecule has 2 aromatic heterocycles. The minimum atomic E-state index is 0.176. The van der Waals surface area contributed by atoms with Crippen LogP contribution in [-0.2, 0) is 0 Å². The van der Waals surface area contributed by atoms with E-state index in [4.69, 9.17) is 0 Å². The molecule has 0 saturated carbocycles. The number of aryl methyl sites for hydroxylation is 1. The van der Waals surface area contributed by atoms with Crippen molar-refractivity contribution in [3.63, 3.8) is 0 Å². The van der Waals surface area contributed by atoms with Crippen LogP contribution < -0.4 is 4.90 Å². The van der Waals surface area contributed by atoms with Gasteiger partial charge in [0.25, 0.3) is 0 Å². The molecule has 6 rings (SSSR count). The van der Waals surface area contributed by atoms with Gasteiger partial charge >= 0.3 is 0 Å². The van der Waals surface area contributed by atoms with Gasteiger partial charge in [-0.25, -0.2) is 4.98 Å². The van der Waals surface area contributed by atoms with Crippen LogP contribution in [0.15, 0.2) is 36.8 Å². The van der Waals surface area contributed by atoms with Crippen LogP contribution in [0.25, 0.3) is 17.3 Å². The molecule has 1 aliphatic carbocycles. The summed E-state index contributed by atoms with van der Waals surface area (Å²) in [5.74, 6) is 0.176. The number of piperazine rings is 1. The first-order valence-corrected chi connectivity index (χ1v) is 10.8. The van der Waals surface area contributed by atoms with Gasteiger partial charge in [-0.15, -0.1) is 0 Å². The maximum absolute atomic E-state index is 13.0. The Kier molecular flexibility index (Phi) is 4.03. The van der Waals surface area contributed by atoms with Crippen molar-refractivity contribution in [2.45, 2.75) is 32.2 Å². The van der Waals surface area contributed by atoms with Gasteiger partial charge < -0.3 is 9.30 Å². The molecule has 6 nitrogen and oxygen atoms in total. The molecule has 6 heteroatoms. The second-order valence-corrected chi connectivity index (χ2v) is 8.74. The molecule has 0 amide bonds. The fourth-order valence-electron chi connectivity index (χ4n) is 5.16. The highest BCUT2D eigenvalue weighted by Crippen LogP contribution is 2.33. The Balaban J connectivity index is 1.31. The standard InChI is InChI=1S/C24H25N5O/c1-16-13-29-15-22(26-24(29)12-25-16)18-9-17-4-5-19(11-21(17)23(30)10-18)28-8-7-27-6-2-3-20(27)14-28/h4-5,9,11-13,15,20H,2-3,6-8,10,14H2,1H3/t20-/m1/s1. The van der Waals surface area contributed by atoms with E-state index in [9.17, 15) is 4.79 Å². The molecule has 30 heavy (non-hydrogen) atoms. The van der Waals surface area contributed by atoms with Crippen LogP contribution in [-0.4, -0.2) is 57.3 Å². The maximum Gasteiger partial charge on any atom is 0.167 e. The number of carbonyl (C=O) groups excluding carboxylic acids is 1. The Morgan fingerprint density at radius 1 is 1.13 bits per heavy atom. The number of aromatic nitrogens is 3. The normalized spacial score (nSPS) is 21.6. The first-order valence-electron chi connectivity index (χ1n) is 10.8. The molecule has 0 radical (unpaired) electrons. The second kappa shape index (κ2) is 6.77. The number of rotatable bonds is 2. The Morgan fingerprint density at radius 2 is 2.07 bits per heavy atom. The molecule has 1 atom stereocenters. The molecule has 0 N–H and O–H groups in total. The van der Waals surface area contributed by atoms with Gasteiger partial charge in [0.05, 0.1) is 17.6 Å². The van der Waals surface area contributed by atoms with Crippen LogP contribution in [0.3, 0.4) is 0 Å². The van der Waals surface area contributed by atoms with E-state index in [1.54, 1.807) is 6.20 Å². The highest BCUT2D eigenvalue weighted by atomic mass is 16.1. The summed E-state index contributed by atoms with van der Waals surface area (Å²) in [5.41, 5.74) is 6.58. The average molecular weight is 399 g/mol. The number of Topliss-reactive ketones (excluding diaryl/α,β-unsaturated/α-hetero) is 1. The van der Waals surface area contributed by atoms with Gasteiger partial charge in [0.2, 0.25) is 0 Å². The van der Waals surface area contributed by atoms with E-state index < -0.39 is 0 Å². The topological polar surface area (TPSA) is 53.7 Å². The minimum absolute atomic E-state index is 0.176. The van der Waals surface area contributed by atoms with Crippen LogP contribution >= 0.6 is 0 Å². The first-order chi connectivity index (χ1) is 14.6. The molecule has 0 spiro atoms. The van der Waals surface area contributed by atoms with Crippen LogP contribution in [0.2, 0.25) is 0 Å². The summed E-state index contributed by atoms with van der Waals surface area (Å²) in [4.78, 5) is 27.1. The van der Waals surface area contributed by atoms with Crippen molar-refractivity contribution in [1.82, 2.24) is 19.3 Å². The molecule has 0 unspecified atom stereocenters. The monoisotopic (exact) mass is 399 g/mol. The predicted octanol–water partition coefficient (Wildman–Crippen LogP) is 3.45. The zero-order chi connectivity index (χ0) is 20.2. The third kappa shape index (κ3) is 2.94. The third-order valence-electron chi connectivity index (χ3n) is 6.77. The number of benzene rings is 1. The van der Waals surface area contributed by atoms with Gasteiger partial charge in [-0.05, 0) is 55.7 Å². The summed E-state index contributed by atoms with van der Waals surface area (Å²) < 4.78 is 1.98. The van der Waals surface area contributed by atoms with Crippen LogP contribution in [0.5, 0.6) is 0 Å². The molecular formula is C24H25N5O. The smallest absolute Gasteiger partial charge is 0.167 e. The van der Waals surface area contributed by atoms with E-state index in [1.807, 2.05) is 23.7 Å². The van der Waals surface area contributed by atoms with Crippen molar-refractivity contribution in [1.29, 1.82) is 0 Å². The van der Waals surface area contributed by atoms with E-state index in [0.29, 0.717) is 12.5 Å². The zero-order valence-corrected chi connectivity index (χ0v) is 17.2. The van der Waals surface area contributed by atoms with Crippen molar-refractivity contribution < 1.29 is 4.79 Å². The van der Waals surface area contributed by atoms with Crippen molar-refractivity contribution in [2.75, 3.05) is 31.1 Å². The largest absolute Gasteiger partial charge is 0.369 e. The van der Waals surface area contributed by atoms with E-state index in [1.165, 1.54) is 25.1 Å². The molecule has 2 aliphatic heterocycles.